The van der Waals surface area contributed by atoms with Crippen molar-refractivity contribution in [2.24, 2.45) is 4.99 Å². The standard InChI is InChI=1S/C28H37N7O4S/c1-7-18(15-34(6)8-2)23-9-10-24(40-23)26(37)32-17-31-20-14-22-21(13-19(20)30-12-11-25(36)29-5)33-27(38)35(22)16-28(3,4)39/h7,9-10,13-15,17,30,39H,8,11-12,16H2,1-6H3,(H2-,29,31,32,33,36,37,38)/p+1. The molecule has 214 valence electrons. The van der Waals surface area contributed by atoms with Crippen LogP contribution in [0.25, 0.3) is 16.6 Å². The fraction of sp³-hybridized carbons (Fsp3) is 0.393. The van der Waals surface area contributed by atoms with Gasteiger partial charge in [0.15, 0.2) is 6.21 Å². The van der Waals surface area contributed by atoms with Gasteiger partial charge in [-0.25, -0.2) is 14.4 Å². The molecule has 0 saturated carbocycles. The van der Waals surface area contributed by atoms with Crippen molar-refractivity contribution in [3.05, 3.63) is 50.6 Å². The number of H-pyrrole nitrogens is 1. The van der Waals surface area contributed by atoms with Gasteiger partial charge in [0.2, 0.25) is 5.91 Å². The van der Waals surface area contributed by atoms with Crippen LogP contribution in [-0.2, 0) is 11.3 Å². The normalized spacial score (nSPS) is 12.8. The molecule has 2 aromatic heterocycles. The van der Waals surface area contributed by atoms with Crippen molar-refractivity contribution < 1.29 is 19.3 Å². The smallest absolute Gasteiger partial charge is 0.326 e. The lowest BCUT2D eigenvalue weighted by atomic mass is 10.1. The quantitative estimate of drug-likeness (QED) is 0.130. The number of aliphatic hydroxyl groups is 1. The highest BCUT2D eigenvalue weighted by atomic mass is 32.1. The minimum atomic E-state index is -1.11. The van der Waals surface area contributed by atoms with Gasteiger partial charge in [-0.05, 0) is 52.0 Å². The van der Waals surface area contributed by atoms with E-state index in [9.17, 15) is 19.5 Å². The number of thiophene rings is 1. The summed E-state index contributed by atoms with van der Waals surface area (Å²) in [6.07, 6.45) is 5.60. The number of rotatable bonds is 12. The molecule has 0 bridgehead atoms. The summed E-state index contributed by atoms with van der Waals surface area (Å²) in [5, 5.41) is 18.8. The van der Waals surface area contributed by atoms with E-state index in [4.69, 9.17) is 0 Å². The van der Waals surface area contributed by atoms with E-state index in [1.165, 1.54) is 22.2 Å². The van der Waals surface area contributed by atoms with Crippen molar-refractivity contribution in [2.75, 3.05) is 32.5 Å². The van der Waals surface area contributed by atoms with Gasteiger partial charge in [-0.15, -0.1) is 11.3 Å². The molecule has 0 unspecified atom stereocenters. The molecule has 0 aliphatic carbocycles. The number of allylic oxidation sites excluding steroid dienone is 2. The van der Waals surface area contributed by atoms with Crippen LogP contribution in [0, 0.1) is 0 Å². The number of aromatic amines is 1. The van der Waals surface area contributed by atoms with Crippen molar-refractivity contribution in [1.29, 1.82) is 0 Å². The van der Waals surface area contributed by atoms with Crippen LogP contribution in [0.3, 0.4) is 0 Å². The van der Waals surface area contributed by atoms with Crippen LogP contribution >= 0.6 is 11.3 Å². The highest BCUT2D eigenvalue weighted by Crippen LogP contribution is 2.30. The first-order valence-corrected chi connectivity index (χ1v) is 13.9. The average molecular weight is 569 g/mol. The topological polar surface area (TPSA) is 144 Å². The van der Waals surface area contributed by atoms with Crippen molar-refractivity contribution in [2.45, 2.75) is 46.3 Å². The van der Waals surface area contributed by atoms with Gasteiger partial charge in [-0.3, -0.25) is 14.2 Å². The van der Waals surface area contributed by atoms with Gasteiger partial charge in [0.25, 0.3) is 5.91 Å². The molecule has 40 heavy (non-hydrogen) atoms. The predicted octanol–water partition coefficient (Wildman–Crippen LogP) is 2.94. The summed E-state index contributed by atoms with van der Waals surface area (Å²) >= 11 is 1.39. The van der Waals surface area contributed by atoms with Crippen LogP contribution in [0.1, 0.15) is 48.7 Å². The van der Waals surface area contributed by atoms with Crippen LogP contribution in [0.4, 0.5) is 11.4 Å². The van der Waals surface area contributed by atoms with E-state index < -0.39 is 5.60 Å². The Labute approximate surface area is 237 Å². The lowest BCUT2D eigenvalue weighted by molar-refractivity contribution is -0.487. The number of fused-ring (bicyclic) bond motifs is 1. The molecule has 0 aliphatic rings. The zero-order valence-corrected chi connectivity index (χ0v) is 24.6. The molecule has 3 aromatic rings. The average Bonchev–Trinajstić information content (AvgIpc) is 3.51. The van der Waals surface area contributed by atoms with E-state index in [-0.39, 0.29) is 30.5 Å². The maximum absolute atomic E-state index is 12.9. The minimum absolute atomic E-state index is 0.0789. The summed E-state index contributed by atoms with van der Waals surface area (Å²) in [5.41, 5.74) is 1.69. The Bertz CT molecular complexity index is 1520. The summed E-state index contributed by atoms with van der Waals surface area (Å²) in [6.45, 7) is 8.56. The van der Waals surface area contributed by atoms with Gasteiger partial charge in [-0.1, -0.05) is 6.08 Å². The van der Waals surface area contributed by atoms with Gasteiger partial charge >= 0.3 is 5.69 Å². The zero-order chi connectivity index (χ0) is 29.4. The maximum atomic E-state index is 12.9. The molecule has 0 fully saturated rings. The predicted molar refractivity (Wildman–Crippen MR) is 162 cm³/mol. The molecule has 0 aliphatic heterocycles. The zero-order valence-electron chi connectivity index (χ0n) is 23.8. The number of hydrogen-bond donors (Lipinski definition) is 5. The summed E-state index contributed by atoms with van der Waals surface area (Å²) in [4.78, 5) is 45.9. The van der Waals surface area contributed by atoms with Gasteiger partial charge in [0.05, 0.1) is 51.3 Å². The summed E-state index contributed by atoms with van der Waals surface area (Å²) < 4.78 is 3.52. The summed E-state index contributed by atoms with van der Waals surface area (Å²) in [7, 11) is 3.57. The Morgan fingerprint density at radius 2 is 1.98 bits per heavy atom. The number of hydrogen-bond acceptors (Lipinski definition) is 7. The molecule has 0 radical (unpaired) electrons. The van der Waals surface area contributed by atoms with E-state index in [0.29, 0.717) is 33.8 Å². The van der Waals surface area contributed by atoms with Crippen molar-refractivity contribution in [3.8, 4) is 0 Å². The monoisotopic (exact) mass is 568 g/mol. The molecule has 5 N–H and O–H groups in total. The second kappa shape index (κ2) is 13.4. The van der Waals surface area contributed by atoms with Crippen molar-refractivity contribution >= 4 is 63.7 Å². The van der Waals surface area contributed by atoms with E-state index in [2.05, 4.69) is 37.4 Å². The Balaban J connectivity index is 1.87. The number of nitrogens with zero attached hydrogens (tertiary/aromatic N) is 3. The number of anilines is 1. The molecule has 2 heterocycles. The third-order valence-electron chi connectivity index (χ3n) is 6.07. The van der Waals surface area contributed by atoms with E-state index in [1.807, 2.05) is 32.3 Å². The first kappa shape index (κ1) is 30.5. The van der Waals surface area contributed by atoms with Crippen molar-refractivity contribution in [1.82, 2.24) is 20.2 Å². The van der Waals surface area contributed by atoms with Crippen LogP contribution in [0.2, 0.25) is 0 Å². The molecule has 0 atom stereocenters. The van der Waals surface area contributed by atoms with Crippen LogP contribution < -0.4 is 21.6 Å². The number of aliphatic imine (C=N–C) groups is 1. The number of aromatic nitrogens is 2. The van der Waals surface area contributed by atoms with Gasteiger partial charge in [0, 0.05) is 24.9 Å². The Morgan fingerprint density at radius 3 is 2.62 bits per heavy atom. The minimum Gasteiger partial charge on any atom is -0.389 e. The first-order chi connectivity index (χ1) is 18.9. The van der Waals surface area contributed by atoms with Crippen molar-refractivity contribution in [3.63, 3.8) is 0 Å². The molecule has 11 nitrogen and oxygen atoms in total. The molecule has 0 saturated heterocycles. The number of carbonyl (C=O) groups is 2. The van der Waals surface area contributed by atoms with Crippen LogP contribution in [0.15, 0.2) is 40.1 Å². The molecule has 3 rings (SSSR count). The van der Waals surface area contributed by atoms with E-state index in [1.54, 1.807) is 39.1 Å². The molecule has 1 aromatic carbocycles. The Kier molecular flexibility index (Phi) is 10.2. The lowest BCUT2D eigenvalue weighted by Crippen LogP contribution is -2.31. The molecular weight excluding hydrogens is 530 g/mol. The number of benzene rings is 1. The molecule has 0 spiro atoms. The highest BCUT2D eigenvalue weighted by molar-refractivity contribution is 7.15. The highest BCUT2D eigenvalue weighted by Gasteiger charge is 2.19. The van der Waals surface area contributed by atoms with Gasteiger partial charge < -0.3 is 26.0 Å². The molecule has 12 heteroatoms. The Hall–Kier alpha value is -4.03. The number of amides is 2. The third kappa shape index (κ3) is 7.99. The summed E-state index contributed by atoms with van der Waals surface area (Å²) in [6, 6.07) is 7.12. The van der Waals surface area contributed by atoms with Gasteiger partial charge in [-0.2, -0.15) is 0 Å². The van der Waals surface area contributed by atoms with Gasteiger partial charge in [0.1, 0.15) is 13.6 Å². The third-order valence-corrected chi connectivity index (χ3v) is 7.20. The number of carbonyl (C=O) groups excluding carboxylic acids is 2. The number of imidazole rings is 1. The second-order valence-corrected chi connectivity index (χ2v) is 11.0. The van der Waals surface area contributed by atoms with Crippen LogP contribution in [0.5, 0.6) is 0 Å². The van der Waals surface area contributed by atoms with E-state index >= 15 is 0 Å². The molecular formula is C28H38N7O4S+. The fourth-order valence-electron chi connectivity index (χ4n) is 3.88. The molecule has 2 amide bonds. The lowest BCUT2D eigenvalue weighted by Gasteiger charge is -2.18. The van der Waals surface area contributed by atoms with E-state index in [0.717, 1.165) is 17.0 Å². The number of nitrogens with one attached hydrogen (secondary N) is 4. The second-order valence-electron chi connectivity index (χ2n) is 9.91. The Morgan fingerprint density at radius 1 is 1.25 bits per heavy atom. The van der Waals surface area contributed by atoms with Crippen LogP contribution in [-0.4, -0.2) is 76.4 Å². The summed E-state index contributed by atoms with van der Waals surface area (Å²) in [5.74, 6) is -0.416. The maximum Gasteiger partial charge on any atom is 0.326 e. The fourth-order valence-corrected chi connectivity index (χ4v) is 4.83. The first-order valence-electron chi connectivity index (χ1n) is 13.0. The SMILES string of the molecule is CC=C(C=[N+](C)CC)c1ccc(C(=O)NC=Nc2cc3c(cc2NCCC(=O)NC)[nH]c(=O)n3CC(C)(C)O)s1. The largest absolute Gasteiger partial charge is 0.389 e.